The number of nitrogens with zero attached hydrogens (tertiary/aromatic N) is 2. The van der Waals surface area contributed by atoms with Crippen LogP contribution in [0.2, 0.25) is 0 Å². The van der Waals surface area contributed by atoms with Crippen LogP contribution < -0.4 is 10.6 Å². The van der Waals surface area contributed by atoms with Crippen LogP contribution in [0.15, 0.2) is 29.3 Å². The maximum absolute atomic E-state index is 11.7. The highest BCUT2D eigenvalue weighted by Crippen LogP contribution is 2.11. The fourth-order valence-electron chi connectivity index (χ4n) is 2.45. The molecule has 0 unspecified atom stereocenters. The van der Waals surface area contributed by atoms with Crippen molar-refractivity contribution in [2.45, 2.75) is 19.9 Å². The fourth-order valence-corrected chi connectivity index (χ4v) is 3.98. The van der Waals surface area contributed by atoms with E-state index in [1.165, 1.54) is 15.4 Å². The number of halogens is 1. The number of rotatable bonds is 5. The van der Waals surface area contributed by atoms with E-state index in [0.717, 1.165) is 6.42 Å². The molecule has 8 heteroatoms. The second-order valence-corrected chi connectivity index (χ2v) is 7.44. The fraction of sp³-hybridized carbons (Fsp3) is 0.533. The van der Waals surface area contributed by atoms with E-state index in [1.54, 1.807) is 7.05 Å². The zero-order chi connectivity index (χ0) is 16.0. The molecule has 2 rings (SSSR count). The molecule has 23 heavy (non-hydrogen) atoms. The molecule has 0 bridgehead atoms. The Labute approximate surface area is 155 Å². The van der Waals surface area contributed by atoms with Crippen molar-refractivity contribution in [2.24, 2.45) is 4.99 Å². The Morgan fingerprint density at radius 1 is 1.30 bits per heavy atom. The van der Waals surface area contributed by atoms with Gasteiger partial charge in [0.2, 0.25) is 10.0 Å². The number of aryl methyl sites for hydroxylation is 1. The minimum Gasteiger partial charge on any atom is -0.355 e. The highest BCUT2D eigenvalue weighted by atomic mass is 127. The molecule has 0 aliphatic carbocycles. The summed E-state index contributed by atoms with van der Waals surface area (Å²) in [5, 5.41) is 6.40. The minimum atomic E-state index is -3.02. The van der Waals surface area contributed by atoms with Gasteiger partial charge in [0.25, 0.3) is 0 Å². The van der Waals surface area contributed by atoms with E-state index < -0.39 is 10.0 Å². The van der Waals surface area contributed by atoms with Crippen LogP contribution in [-0.4, -0.2) is 51.1 Å². The van der Waals surface area contributed by atoms with Gasteiger partial charge < -0.3 is 10.6 Å². The first kappa shape index (κ1) is 20.2. The van der Waals surface area contributed by atoms with Gasteiger partial charge in [0, 0.05) is 33.2 Å². The SMILES string of the molecule is CN=C(NCCN1CCCS1(=O)=O)NCc1ccccc1C.I. The van der Waals surface area contributed by atoms with Crippen molar-refractivity contribution >= 4 is 40.0 Å². The van der Waals surface area contributed by atoms with E-state index in [4.69, 9.17) is 0 Å². The van der Waals surface area contributed by atoms with Gasteiger partial charge in [-0.15, -0.1) is 24.0 Å². The van der Waals surface area contributed by atoms with E-state index >= 15 is 0 Å². The molecule has 130 valence electrons. The van der Waals surface area contributed by atoms with Crippen molar-refractivity contribution in [2.75, 3.05) is 32.4 Å². The number of sulfonamides is 1. The van der Waals surface area contributed by atoms with Gasteiger partial charge in [0.15, 0.2) is 5.96 Å². The summed E-state index contributed by atoms with van der Waals surface area (Å²) in [7, 11) is -1.31. The standard InChI is InChI=1S/C15H24N4O2S.HI/c1-13-6-3-4-7-14(13)12-18-15(16-2)17-8-10-19-9-5-11-22(19,20)21;/h3-4,6-7H,5,8-12H2,1-2H3,(H2,16,17,18);1H. The molecule has 1 heterocycles. The number of nitrogens with one attached hydrogen (secondary N) is 2. The third-order valence-corrected chi connectivity index (χ3v) is 5.74. The zero-order valence-corrected chi connectivity index (χ0v) is 16.7. The predicted molar refractivity (Wildman–Crippen MR) is 105 cm³/mol. The molecule has 1 aliphatic rings. The Kier molecular flexibility index (Phi) is 8.27. The lowest BCUT2D eigenvalue weighted by Crippen LogP contribution is -2.41. The Morgan fingerprint density at radius 3 is 2.65 bits per heavy atom. The molecule has 1 aromatic carbocycles. The Hall–Kier alpha value is -0.870. The highest BCUT2D eigenvalue weighted by molar-refractivity contribution is 14.0. The van der Waals surface area contributed by atoms with Crippen molar-refractivity contribution in [3.05, 3.63) is 35.4 Å². The minimum absolute atomic E-state index is 0. The summed E-state index contributed by atoms with van der Waals surface area (Å²) in [6, 6.07) is 8.18. The average Bonchev–Trinajstić information content (AvgIpc) is 2.83. The number of hydrogen-bond acceptors (Lipinski definition) is 3. The van der Waals surface area contributed by atoms with E-state index in [2.05, 4.69) is 34.7 Å². The quantitative estimate of drug-likeness (QED) is 0.402. The van der Waals surface area contributed by atoms with Gasteiger partial charge in [-0.2, -0.15) is 0 Å². The predicted octanol–water partition coefficient (Wildman–Crippen LogP) is 1.31. The van der Waals surface area contributed by atoms with Crippen LogP contribution in [0.1, 0.15) is 17.5 Å². The van der Waals surface area contributed by atoms with Gasteiger partial charge in [-0.1, -0.05) is 24.3 Å². The van der Waals surface area contributed by atoms with Crippen molar-refractivity contribution in [3.8, 4) is 0 Å². The normalized spacial score (nSPS) is 17.6. The Balaban J connectivity index is 0.00000264. The molecule has 2 N–H and O–H groups in total. The van der Waals surface area contributed by atoms with Gasteiger partial charge in [-0.3, -0.25) is 4.99 Å². The lowest BCUT2D eigenvalue weighted by Gasteiger charge is -2.17. The van der Waals surface area contributed by atoms with E-state index in [-0.39, 0.29) is 29.7 Å². The van der Waals surface area contributed by atoms with Crippen LogP contribution in [0.25, 0.3) is 0 Å². The van der Waals surface area contributed by atoms with Gasteiger partial charge in [-0.05, 0) is 24.5 Å². The molecular weight excluding hydrogens is 427 g/mol. The number of aliphatic imine (C=N–C) groups is 1. The van der Waals surface area contributed by atoms with Crippen LogP contribution in [0.4, 0.5) is 0 Å². The monoisotopic (exact) mass is 452 g/mol. The van der Waals surface area contributed by atoms with Crippen LogP contribution in [0, 0.1) is 6.92 Å². The van der Waals surface area contributed by atoms with E-state index in [9.17, 15) is 8.42 Å². The van der Waals surface area contributed by atoms with Gasteiger partial charge in [0.1, 0.15) is 0 Å². The van der Waals surface area contributed by atoms with Crippen LogP contribution in [-0.2, 0) is 16.6 Å². The molecule has 0 spiro atoms. The lowest BCUT2D eigenvalue weighted by atomic mass is 10.1. The van der Waals surface area contributed by atoms with Crippen LogP contribution >= 0.6 is 24.0 Å². The Bertz CT molecular complexity index is 634. The maximum atomic E-state index is 11.7. The smallest absolute Gasteiger partial charge is 0.214 e. The highest BCUT2D eigenvalue weighted by Gasteiger charge is 2.27. The zero-order valence-electron chi connectivity index (χ0n) is 13.6. The van der Waals surface area contributed by atoms with Crippen molar-refractivity contribution < 1.29 is 8.42 Å². The molecule has 1 fully saturated rings. The molecule has 1 aliphatic heterocycles. The second-order valence-electron chi connectivity index (χ2n) is 5.35. The van der Waals surface area contributed by atoms with Crippen molar-refractivity contribution in [1.29, 1.82) is 0 Å². The number of benzene rings is 1. The van der Waals surface area contributed by atoms with Crippen LogP contribution in [0.5, 0.6) is 0 Å². The van der Waals surface area contributed by atoms with Gasteiger partial charge in [0.05, 0.1) is 5.75 Å². The molecule has 0 saturated carbocycles. The average molecular weight is 452 g/mol. The molecule has 1 saturated heterocycles. The van der Waals surface area contributed by atoms with E-state index in [0.29, 0.717) is 32.1 Å². The first-order valence-electron chi connectivity index (χ1n) is 7.50. The van der Waals surface area contributed by atoms with Gasteiger partial charge >= 0.3 is 0 Å². The molecule has 1 aromatic rings. The first-order chi connectivity index (χ1) is 10.5. The molecule has 0 amide bonds. The van der Waals surface area contributed by atoms with Crippen LogP contribution in [0.3, 0.4) is 0 Å². The number of hydrogen-bond donors (Lipinski definition) is 2. The van der Waals surface area contributed by atoms with Gasteiger partial charge in [-0.25, -0.2) is 12.7 Å². The summed E-state index contributed by atoms with van der Waals surface area (Å²) in [4.78, 5) is 4.16. The largest absolute Gasteiger partial charge is 0.355 e. The number of guanidine groups is 1. The third kappa shape index (κ3) is 5.92. The molecule has 0 atom stereocenters. The summed E-state index contributed by atoms with van der Waals surface area (Å²) >= 11 is 0. The summed E-state index contributed by atoms with van der Waals surface area (Å²) in [5.41, 5.74) is 2.45. The summed E-state index contributed by atoms with van der Waals surface area (Å²) < 4.78 is 25.0. The van der Waals surface area contributed by atoms with Crippen molar-refractivity contribution in [1.82, 2.24) is 14.9 Å². The Morgan fingerprint density at radius 2 is 2.04 bits per heavy atom. The summed E-state index contributed by atoms with van der Waals surface area (Å²) in [6.45, 7) is 4.42. The molecule has 0 aromatic heterocycles. The van der Waals surface area contributed by atoms with E-state index in [1.807, 2.05) is 12.1 Å². The summed E-state index contributed by atoms with van der Waals surface area (Å²) in [5.74, 6) is 0.952. The molecule has 6 nitrogen and oxygen atoms in total. The lowest BCUT2D eigenvalue weighted by molar-refractivity contribution is 0.445. The maximum Gasteiger partial charge on any atom is 0.214 e. The second kappa shape index (κ2) is 9.43. The molecule has 0 radical (unpaired) electrons. The first-order valence-corrected chi connectivity index (χ1v) is 9.11. The molecular formula is C15H25IN4O2S. The topological polar surface area (TPSA) is 73.8 Å². The van der Waals surface area contributed by atoms with Crippen molar-refractivity contribution in [3.63, 3.8) is 0 Å². The summed E-state index contributed by atoms with van der Waals surface area (Å²) in [6.07, 6.45) is 0.725. The third-order valence-electron chi connectivity index (χ3n) is 3.79.